The van der Waals surface area contributed by atoms with Gasteiger partial charge in [-0.25, -0.2) is 0 Å². The van der Waals surface area contributed by atoms with Gasteiger partial charge in [0.05, 0.1) is 14.2 Å². The molecular formula is C30H38O3Si. The monoisotopic (exact) mass is 474 g/mol. The molecule has 2 aromatic carbocycles. The number of hydrogen-bond acceptors (Lipinski definition) is 3. The van der Waals surface area contributed by atoms with Crippen LogP contribution < -0.4 is 9.47 Å². The second kappa shape index (κ2) is 10.5. The molecule has 1 atom stereocenters. The van der Waals surface area contributed by atoms with E-state index in [2.05, 4.69) is 85.0 Å². The van der Waals surface area contributed by atoms with Gasteiger partial charge in [0.1, 0.15) is 11.5 Å². The van der Waals surface area contributed by atoms with Gasteiger partial charge < -0.3 is 9.47 Å². The summed E-state index contributed by atoms with van der Waals surface area (Å²) in [6, 6.07) is 9.38. The quantitative estimate of drug-likeness (QED) is 0.203. The minimum atomic E-state index is -1.76. The Labute approximate surface area is 207 Å². The summed E-state index contributed by atoms with van der Waals surface area (Å²) in [7, 11) is -1.76. The van der Waals surface area contributed by atoms with Crippen LogP contribution in [0.5, 0.6) is 11.5 Å². The number of benzene rings is 2. The van der Waals surface area contributed by atoms with Crippen molar-refractivity contribution in [2.45, 2.75) is 85.2 Å². The molecule has 0 aliphatic rings. The smallest absolute Gasteiger partial charge is 0.308 e. The van der Waals surface area contributed by atoms with Gasteiger partial charge in [-0.3, -0.25) is 4.79 Å². The molecule has 34 heavy (non-hydrogen) atoms. The minimum absolute atomic E-state index is 0.00659. The van der Waals surface area contributed by atoms with Crippen LogP contribution >= 0.6 is 0 Å². The lowest BCUT2D eigenvalue weighted by Crippen LogP contribution is -2.32. The molecule has 0 fully saturated rings. The van der Waals surface area contributed by atoms with E-state index >= 15 is 0 Å². The van der Waals surface area contributed by atoms with E-state index in [1.54, 1.807) is 12.1 Å². The van der Waals surface area contributed by atoms with E-state index in [9.17, 15) is 4.79 Å². The number of carbonyl (C=O) groups excluding carboxylic acids is 1. The molecule has 0 bridgehead atoms. The van der Waals surface area contributed by atoms with Crippen LogP contribution in [0.4, 0.5) is 0 Å². The van der Waals surface area contributed by atoms with Crippen LogP contribution in [0.25, 0.3) is 0 Å². The summed E-state index contributed by atoms with van der Waals surface area (Å²) in [5.74, 6) is 10.9. The Morgan fingerprint density at radius 3 is 2.09 bits per heavy atom. The fraction of sp³-hybridized carbons (Fsp3) is 0.433. The third-order valence-corrected chi connectivity index (χ3v) is 7.71. The molecule has 0 aromatic heterocycles. The van der Waals surface area contributed by atoms with E-state index in [-0.39, 0.29) is 23.0 Å². The number of ether oxygens (including phenoxy) is 2. The Kier molecular flexibility index (Phi) is 8.46. The first-order chi connectivity index (χ1) is 15.6. The van der Waals surface area contributed by atoms with Crippen LogP contribution in [-0.4, -0.2) is 20.1 Å². The van der Waals surface area contributed by atoms with E-state index < -0.39 is 8.07 Å². The molecule has 0 spiro atoms. The van der Waals surface area contributed by atoms with Crippen molar-refractivity contribution in [3.05, 3.63) is 58.1 Å². The van der Waals surface area contributed by atoms with Crippen molar-refractivity contribution in [3.63, 3.8) is 0 Å². The van der Waals surface area contributed by atoms with Gasteiger partial charge in [0.25, 0.3) is 0 Å². The predicted molar refractivity (Wildman–Crippen MR) is 144 cm³/mol. The summed E-state index contributed by atoms with van der Waals surface area (Å²) in [4.78, 5) is 11.2. The summed E-state index contributed by atoms with van der Waals surface area (Å²) >= 11 is 0. The van der Waals surface area contributed by atoms with Crippen molar-refractivity contribution in [3.8, 4) is 35.7 Å². The Bertz CT molecular complexity index is 1140. The molecule has 0 aliphatic carbocycles. The van der Waals surface area contributed by atoms with Crippen LogP contribution in [0, 0.1) is 31.1 Å². The Morgan fingerprint density at radius 2 is 1.65 bits per heavy atom. The average Bonchev–Trinajstić information content (AvgIpc) is 2.68. The number of hydrogen-bond donors (Lipinski definition) is 0. The Balaban J connectivity index is 2.76. The molecule has 1 unspecified atom stereocenters. The first kappa shape index (κ1) is 27.3. The number of rotatable bonds is 5. The summed E-state index contributed by atoms with van der Waals surface area (Å²) in [5.41, 5.74) is 4.97. The fourth-order valence-corrected chi connectivity index (χ4v) is 5.57. The topological polar surface area (TPSA) is 35.5 Å². The van der Waals surface area contributed by atoms with Crippen LogP contribution in [0.3, 0.4) is 0 Å². The van der Waals surface area contributed by atoms with Gasteiger partial charge in [-0.1, -0.05) is 52.3 Å². The van der Waals surface area contributed by atoms with E-state index in [0.717, 1.165) is 33.6 Å². The SMILES string of the molecule is C#CC(c1c(C)c(C#Cc2ccc(OC(C)=O)cc2)cc(C(C)(C)C)c1OC(C)C)[Si](C)(C)C. The second-order valence-electron chi connectivity index (χ2n) is 11.1. The standard InChI is InChI=1S/C30H38O3Si/c1-12-27(34(9,10)11)28-21(4)24(19-26(30(6,7)8)29(28)32-20(2)3)16-13-23-14-17-25(18-15-23)33-22(5)31/h1,14-15,17-20,27H,2-11H3. The summed E-state index contributed by atoms with van der Waals surface area (Å²) in [6.07, 6.45) is 6.17. The molecule has 2 rings (SSSR count). The molecule has 3 nitrogen and oxygen atoms in total. The average molecular weight is 475 g/mol. The number of terminal acetylenes is 1. The third kappa shape index (κ3) is 6.78. The lowest BCUT2D eigenvalue weighted by atomic mass is 9.81. The van der Waals surface area contributed by atoms with Gasteiger partial charge in [-0.15, -0.1) is 12.3 Å². The highest BCUT2D eigenvalue weighted by molar-refractivity contribution is 6.78. The summed E-state index contributed by atoms with van der Waals surface area (Å²) < 4.78 is 11.6. The molecule has 180 valence electrons. The molecule has 0 radical (unpaired) electrons. The fourth-order valence-electron chi connectivity index (χ4n) is 3.85. The normalized spacial score (nSPS) is 12.4. The molecule has 0 N–H and O–H groups in total. The van der Waals surface area contributed by atoms with Gasteiger partial charge in [0.15, 0.2) is 0 Å². The lowest BCUT2D eigenvalue weighted by molar-refractivity contribution is -0.131. The van der Waals surface area contributed by atoms with Gasteiger partial charge in [0, 0.05) is 34.7 Å². The van der Waals surface area contributed by atoms with E-state index in [1.807, 2.05) is 12.1 Å². The van der Waals surface area contributed by atoms with Crippen molar-refractivity contribution >= 4 is 14.0 Å². The summed E-state index contributed by atoms with van der Waals surface area (Å²) in [5, 5.41) is 0. The lowest BCUT2D eigenvalue weighted by Gasteiger charge is -2.33. The van der Waals surface area contributed by atoms with Crippen LogP contribution in [0.2, 0.25) is 19.6 Å². The molecule has 0 saturated carbocycles. The van der Waals surface area contributed by atoms with Gasteiger partial charge in [-0.2, -0.15) is 0 Å². The molecule has 4 heteroatoms. The Hall–Kier alpha value is -2.95. The van der Waals surface area contributed by atoms with E-state index in [1.165, 1.54) is 6.92 Å². The molecular weight excluding hydrogens is 436 g/mol. The molecule has 0 aliphatic heterocycles. The maximum absolute atomic E-state index is 11.2. The van der Waals surface area contributed by atoms with Gasteiger partial charge in [-0.05, 0) is 62.1 Å². The van der Waals surface area contributed by atoms with Crippen molar-refractivity contribution in [2.24, 2.45) is 0 Å². The van der Waals surface area contributed by atoms with Crippen LogP contribution in [-0.2, 0) is 10.2 Å². The highest BCUT2D eigenvalue weighted by atomic mass is 28.3. The van der Waals surface area contributed by atoms with Crippen molar-refractivity contribution in [2.75, 3.05) is 0 Å². The molecule has 2 aromatic rings. The summed E-state index contributed by atoms with van der Waals surface area (Å²) in [6.45, 7) is 21.1. The van der Waals surface area contributed by atoms with Crippen LogP contribution in [0.15, 0.2) is 30.3 Å². The van der Waals surface area contributed by atoms with Crippen molar-refractivity contribution in [1.29, 1.82) is 0 Å². The highest BCUT2D eigenvalue weighted by Crippen LogP contribution is 2.43. The first-order valence-corrected chi connectivity index (χ1v) is 15.3. The van der Waals surface area contributed by atoms with E-state index in [4.69, 9.17) is 15.9 Å². The predicted octanol–water partition coefficient (Wildman–Crippen LogP) is 7.00. The van der Waals surface area contributed by atoms with Crippen molar-refractivity contribution in [1.82, 2.24) is 0 Å². The molecule has 0 amide bonds. The zero-order valence-electron chi connectivity index (χ0n) is 22.3. The van der Waals surface area contributed by atoms with Crippen molar-refractivity contribution < 1.29 is 14.3 Å². The number of esters is 1. The Morgan fingerprint density at radius 1 is 1.06 bits per heavy atom. The highest BCUT2D eigenvalue weighted by Gasteiger charge is 2.34. The zero-order chi connectivity index (χ0) is 25.8. The van der Waals surface area contributed by atoms with Gasteiger partial charge in [0.2, 0.25) is 0 Å². The largest absolute Gasteiger partial charge is 0.490 e. The zero-order valence-corrected chi connectivity index (χ0v) is 23.3. The minimum Gasteiger partial charge on any atom is -0.490 e. The maximum atomic E-state index is 11.2. The maximum Gasteiger partial charge on any atom is 0.308 e. The number of carbonyl (C=O) groups is 1. The van der Waals surface area contributed by atoms with E-state index in [0.29, 0.717) is 5.75 Å². The van der Waals surface area contributed by atoms with Crippen LogP contribution in [0.1, 0.15) is 74.9 Å². The molecule has 0 heterocycles. The second-order valence-corrected chi connectivity index (χ2v) is 16.4. The first-order valence-electron chi connectivity index (χ1n) is 11.8. The molecule has 0 saturated heterocycles. The third-order valence-electron chi connectivity index (χ3n) is 5.53. The van der Waals surface area contributed by atoms with Gasteiger partial charge >= 0.3 is 5.97 Å².